The van der Waals surface area contributed by atoms with Crippen LogP contribution in [0.25, 0.3) is 0 Å². The Morgan fingerprint density at radius 2 is 1.73 bits per heavy atom. The number of cyclic esters (lactones) is 1. The highest BCUT2D eigenvalue weighted by atomic mass is 16.7. The molecule has 6 nitrogen and oxygen atoms in total. The molecular formula is C16H28O6. The Balaban J connectivity index is 2.95. The zero-order valence-electron chi connectivity index (χ0n) is 14.2. The smallest absolute Gasteiger partial charge is 0.339 e. The lowest BCUT2D eigenvalue weighted by Crippen LogP contribution is -2.21. The third kappa shape index (κ3) is 4.78. The Morgan fingerprint density at radius 1 is 1.09 bits per heavy atom. The van der Waals surface area contributed by atoms with E-state index in [1.54, 1.807) is 14.2 Å². The van der Waals surface area contributed by atoms with Gasteiger partial charge in [-0.3, -0.25) is 0 Å². The summed E-state index contributed by atoms with van der Waals surface area (Å²) in [6, 6.07) is 0. The van der Waals surface area contributed by atoms with E-state index in [9.17, 15) is 4.79 Å². The van der Waals surface area contributed by atoms with Crippen LogP contribution in [0.15, 0.2) is 11.1 Å². The normalized spacial score (nSPS) is 18.7. The number of hydrogen-bond donors (Lipinski definition) is 0. The van der Waals surface area contributed by atoms with Crippen LogP contribution in [0, 0.1) is 0 Å². The van der Waals surface area contributed by atoms with Crippen LogP contribution >= 0.6 is 0 Å². The molecular weight excluding hydrogens is 288 g/mol. The first-order valence-electron chi connectivity index (χ1n) is 7.67. The van der Waals surface area contributed by atoms with Gasteiger partial charge in [-0.05, 0) is 24.8 Å². The molecule has 1 unspecified atom stereocenters. The van der Waals surface area contributed by atoms with Crippen molar-refractivity contribution in [2.45, 2.75) is 57.7 Å². The molecule has 1 rings (SSSR count). The van der Waals surface area contributed by atoms with Crippen molar-refractivity contribution in [3.63, 3.8) is 0 Å². The molecule has 0 aromatic rings. The van der Waals surface area contributed by atoms with Crippen molar-refractivity contribution >= 4 is 5.97 Å². The molecule has 22 heavy (non-hydrogen) atoms. The van der Waals surface area contributed by atoms with Crippen molar-refractivity contribution in [3.05, 3.63) is 11.1 Å². The quantitative estimate of drug-likeness (QED) is 0.431. The molecule has 0 aromatic heterocycles. The molecule has 1 aliphatic heterocycles. The molecule has 0 aliphatic carbocycles. The van der Waals surface area contributed by atoms with Gasteiger partial charge in [0.2, 0.25) is 0 Å². The molecule has 0 fully saturated rings. The molecule has 0 saturated heterocycles. The predicted molar refractivity (Wildman–Crippen MR) is 81.3 cm³/mol. The fourth-order valence-electron chi connectivity index (χ4n) is 2.67. The van der Waals surface area contributed by atoms with Crippen LogP contribution < -0.4 is 0 Å². The molecule has 6 heteroatoms. The summed E-state index contributed by atoms with van der Waals surface area (Å²) in [7, 11) is 6.22. The number of carbonyl (C=O) groups excluding carboxylic acids is 1. The van der Waals surface area contributed by atoms with Crippen molar-refractivity contribution in [2.75, 3.05) is 28.4 Å². The lowest BCUT2D eigenvalue weighted by atomic mass is 9.96. The van der Waals surface area contributed by atoms with Crippen LogP contribution in [0.5, 0.6) is 0 Å². The molecule has 0 aromatic carbocycles. The zero-order valence-corrected chi connectivity index (χ0v) is 14.2. The van der Waals surface area contributed by atoms with Crippen LogP contribution in [0.2, 0.25) is 0 Å². The molecule has 0 amide bonds. The Labute approximate surface area is 132 Å². The minimum absolute atomic E-state index is 0.204. The van der Waals surface area contributed by atoms with Gasteiger partial charge < -0.3 is 23.7 Å². The van der Waals surface area contributed by atoms with E-state index >= 15 is 0 Å². The largest absolute Gasteiger partial charge is 0.454 e. The highest BCUT2D eigenvalue weighted by Gasteiger charge is 2.38. The number of carbonyl (C=O) groups is 1. The van der Waals surface area contributed by atoms with Gasteiger partial charge in [0.15, 0.2) is 12.6 Å². The molecule has 1 atom stereocenters. The van der Waals surface area contributed by atoms with Crippen molar-refractivity contribution in [1.29, 1.82) is 0 Å². The summed E-state index contributed by atoms with van der Waals surface area (Å²) in [6.45, 7) is 2.11. The number of esters is 1. The molecule has 1 aliphatic rings. The van der Waals surface area contributed by atoms with E-state index in [0.717, 1.165) is 24.8 Å². The number of hydrogen-bond acceptors (Lipinski definition) is 6. The van der Waals surface area contributed by atoms with E-state index in [0.29, 0.717) is 18.4 Å². The van der Waals surface area contributed by atoms with E-state index in [1.807, 2.05) is 0 Å². The van der Waals surface area contributed by atoms with Gasteiger partial charge in [-0.15, -0.1) is 0 Å². The third-order valence-electron chi connectivity index (χ3n) is 3.86. The molecule has 0 N–H and O–H groups in total. The Bertz CT molecular complexity index is 371. The highest BCUT2D eigenvalue weighted by Crippen LogP contribution is 2.33. The minimum atomic E-state index is -0.697. The van der Waals surface area contributed by atoms with Crippen molar-refractivity contribution in [2.24, 2.45) is 0 Å². The van der Waals surface area contributed by atoms with Crippen LogP contribution in [-0.2, 0) is 28.5 Å². The monoisotopic (exact) mass is 316 g/mol. The Hall–Kier alpha value is -0.950. The predicted octanol–water partition coefficient (Wildman–Crippen LogP) is 2.42. The first-order chi connectivity index (χ1) is 10.6. The number of methoxy groups -OCH3 is 4. The SMILES string of the molecule is CCCCC1OC(=O)C(C(OC)OC)=C1CCC(OC)OC. The van der Waals surface area contributed by atoms with Crippen molar-refractivity contribution < 1.29 is 28.5 Å². The zero-order chi connectivity index (χ0) is 16.5. The summed E-state index contributed by atoms with van der Waals surface area (Å²) in [6.07, 6.45) is 2.94. The van der Waals surface area contributed by atoms with Gasteiger partial charge in [0.25, 0.3) is 0 Å². The second-order valence-corrected chi connectivity index (χ2v) is 5.22. The van der Waals surface area contributed by atoms with Crippen molar-refractivity contribution in [1.82, 2.24) is 0 Å². The summed E-state index contributed by atoms with van der Waals surface area (Å²) in [5.74, 6) is -0.351. The first kappa shape index (κ1) is 19.1. The summed E-state index contributed by atoms with van der Waals surface area (Å²) in [4.78, 5) is 12.2. The molecule has 128 valence electrons. The summed E-state index contributed by atoms with van der Waals surface area (Å²) in [5, 5.41) is 0. The topological polar surface area (TPSA) is 63.2 Å². The van der Waals surface area contributed by atoms with E-state index in [4.69, 9.17) is 23.7 Å². The van der Waals surface area contributed by atoms with Crippen LogP contribution in [0.4, 0.5) is 0 Å². The summed E-state index contributed by atoms with van der Waals surface area (Å²) >= 11 is 0. The Kier molecular flexibility index (Phi) is 8.63. The summed E-state index contributed by atoms with van der Waals surface area (Å²) < 4.78 is 26.5. The maximum Gasteiger partial charge on any atom is 0.339 e. The van der Waals surface area contributed by atoms with Gasteiger partial charge >= 0.3 is 5.97 Å². The highest BCUT2D eigenvalue weighted by molar-refractivity contribution is 5.93. The molecule has 0 saturated carbocycles. The second kappa shape index (κ2) is 9.94. The number of rotatable bonds is 11. The molecule has 0 bridgehead atoms. The van der Waals surface area contributed by atoms with Crippen LogP contribution in [-0.4, -0.2) is 53.1 Å². The minimum Gasteiger partial charge on any atom is -0.454 e. The van der Waals surface area contributed by atoms with Gasteiger partial charge in [0, 0.05) is 34.9 Å². The molecule has 0 radical (unpaired) electrons. The van der Waals surface area contributed by atoms with Gasteiger partial charge in [-0.2, -0.15) is 0 Å². The van der Waals surface area contributed by atoms with Crippen molar-refractivity contribution in [3.8, 4) is 0 Å². The number of ether oxygens (including phenoxy) is 5. The maximum absolute atomic E-state index is 12.2. The lowest BCUT2D eigenvalue weighted by Gasteiger charge is -2.18. The number of unbranched alkanes of at least 4 members (excludes halogenated alkanes) is 1. The first-order valence-corrected chi connectivity index (χ1v) is 7.67. The third-order valence-corrected chi connectivity index (χ3v) is 3.86. The van der Waals surface area contributed by atoms with E-state index in [2.05, 4.69) is 6.92 Å². The standard InChI is InChI=1S/C16H28O6/c1-6-7-8-12-11(9-10-13(18-2)19-3)14(15(17)22-12)16(20-4)21-5/h12-13,16H,6-10H2,1-5H3. The van der Waals surface area contributed by atoms with Gasteiger partial charge in [0.1, 0.15) is 6.10 Å². The van der Waals surface area contributed by atoms with Crippen LogP contribution in [0.1, 0.15) is 39.0 Å². The van der Waals surface area contributed by atoms with Gasteiger partial charge in [-0.25, -0.2) is 4.79 Å². The van der Waals surface area contributed by atoms with E-state index in [-0.39, 0.29) is 18.4 Å². The van der Waals surface area contributed by atoms with Gasteiger partial charge in [-0.1, -0.05) is 13.3 Å². The molecule has 0 spiro atoms. The molecule has 1 heterocycles. The average Bonchev–Trinajstić information content (AvgIpc) is 2.84. The van der Waals surface area contributed by atoms with E-state index in [1.165, 1.54) is 14.2 Å². The average molecular weight is 316 g/mol. The van der Waals surface area contributed by atoms with E-state index < -0.39 is 6.29 Å². The lowest BCUT2D eigenvalue weighted by molar-refractivity contribution is -0.145. The maximum atomic E-state index is 12.2. The van der Waals surface area contributed by atoms with Crippen LogP contribution in [0.3, 0.4) is 0 Å². The Morgan fingerprint density at radius 3 is 2.23 bits per heavy atom. The second-order valence-electron chi connectivity index (χ2n) is 5.22. The van der Waals surface area contributed by atoms with Gasteiger partial charge in [0.05, 0.1) is 5.57 Å². The summed E-state index contributed by atoms with van der Waals surface area (Å²) in [5.41, 5.74) is 1.42. The fourth-order valence-corrected chi connectivity index (χ4v) is 2.67. The fraction of sp³-hybridized carbons (Fsp3) is 0.812.